The molecule has 0 aliphatic carbocycles. The van der Waals surface area contributed by atoms with Gasteiger partial charge < -0.3 is 10.1 Å². The molecule has 0 radical (unpaired) electrons. The molecule has 7 heteroatoms. The summed E-state index contributed by atoms with van der Waals surface area (Å²) in [5.74, 6) is 0.0635. The van der Waals surface area contributed by atoms with Gasteiger partial charge in [-0.05, 0) is 60.7 Å². The van der Waals surface area contributed by atoms with Crippen LogP contribution in [0.5, 0.6) is 5.75 Å². The van der Waals surface area contributed by atoms with Crippen LogP contribution in [0, 0.1) is 0 Å². The molecule has 3 aromatic carbocycles. The number of rotatable bonds is 5. The number of hydrazone groups is 1. The van der Waals surface area contributed by atoms with E-state index < -0.39 is 12.1 Å². The fourth-order valence-electron chi connectivity index (χ4n) is 3.51. The molecule has 2 N–H and O–H groups in total. The Morgan fingerprint density at radius 3 is 2.35 bits per heavy atom. The maximum absolute atomic E-state index is 12.9. The van der Waals surface area contributed by atoms with Crippen LogP contribution >= 0.6 is 11.6 Å². The predicted octanol–water partition coefficient (Wildman–Crippen LogP) is 3.36. The van der Waals surface area contributed by atoms with Crippen LogP contribution in [0.4, 0.5) is 0 Å². The van der Waals surface area contributed by atoms with Crippen molar-refractivity contribution in [2.75, 3.05) is 7.11 Å². The van der Waals surface area contributed by atoms with Gasteiger partial charge in [-0.25, -0.2) is 0 Å². The zero-order valence-corrected chi connectivity index (χ0v) is 17.5. The van der Waals surface area contributed by atoms with E-state index in [0.29, 0.717) is 16.3 Å². The van der Waals surface area contributed by atoms with Gasteiger partial charge in [0.25, 0.3) is 5.91 Å². The van der Waals surface area contributed by atoms with Crippen LogP contribution in [-0.4, -0.2) is 35.9 Å². The number of ether oxygens (including phenoxy) is 1. The number of halogens is 1. The topological polar surface area (TPSA) is 70.4 Å². The van der Waals surface area contributed by atoms with Crippen molar-refractivity contribution < 1.29 is 19.0 Å². The summed E-state index contributed by atoms with van der Waals surface area (Å²) in [5.41, 5.74) is 5.07. The van der Waals surface area contributed by atoms with Crippen molar-refractivity contribution >= 4 is 29.6 Å². The van der Waals surface area contributed by atoms with Crippen molar-refractivity contribution in [1.82, 2.24) is 10.7 Å². The summed E-state index contributed by atoms with van der Waals surface area (Å²) in [7, 11) is 1.60. The molecule has 1 fully saturated rings. The number of carbonyl (C=O) groups is 2. The number of amides is 2. The van der Waals surface area contributed by atoms with Gasteiger partial charge in [0.15, 0.2) is 6.04 Å². The Morgan fingerprint density at radius 2 is 1.71 bits per heavy atom. The lowest BCUT2D eigenvalue weighted by Gasteiger charge is -2.15. The molecule has 2 atom stereocenters. The molecule has 0 spiro atoms. The molecule has 1 heterocycles. The standard InChI is InChI=1S/C24H20ClN3O3/c1-31-20-13-9-17(10-14-20)22-21(26-23(29)18-7-11-19(25)12-8-18)24(30)27-28(22)15-16-5-3-2-4-6-16/h2-15,21-22H,1H3,(H-,26,27,29,30)/p+1/b28-15-/t21-,22-/m1/s1. The Hall–Kier alpha value is -3.64. The summed E-state index contributed by atoms with van der Waals surface area (Å²) >= 11 is 5.92. The number of hydrogen-bond donors (Lipinski definition) is 2. The van der Waals surface area contributed by atoms with E-state index in [9.17, 15) is 9.59 Å². The minimum Gasteiger partial charge on any atom is -0.497 e. The van der Waals surface area contributed by atoms with Crippen molar-refractivity contribution in [3.63, 3.8) is 0 Å². The molecule has 3 aromatic rings. The van der Waals surface area contributed by atoms with Gasteiger partial charge in [0.2, 0.25) is 12.3 Å². The molecule has 1 aliphatic heterocycles. The van der Waals surface area contributed by atoms with Crippen molar-refractivity contribution in [2.45, 2.75) is 12.1 Å². The summed E-state index contributed by atoms with van der Waals surface area (Å²) < 4.78 is 6.98. The van der Waals surface area contributed by atoms with Crippen LogP contribution in [0.15, 0.2) is 78.9 Å². The van der Waals surface area contributed by atoms with E-state index in [4.69, 9.17) is 16.3 Å². The molecule has 1 saturated heterocycles. The minimum atomic E-state index is -0.795. The highest BCUT2D eigenvalue weighted by atomic mass is 35.5. The molecule has 6 nitrogen and oxygen atoms in total. The Bertz CT molecular complexity index is 1110. The van der Waals surface area contributed by atoms with Crippen molar-refractivity contribution in [3.8, 4) is 5.75 Å². The second-order valence-corrected chi connectivity index (χ2v) is 7.54. The molecule has 1 aliphatic rings. The lowest BCUT2D eigenvalue weighted by molar-refractivity contribution is -0.596. The lowest BCUT2D eigenvalue weighted by atomic mass is 9.99. The van der Waals surface area contributed by atoms with Gasteiger partial charge in [0, 0.05) is 21.7 Å². The van der Waals surface area contributed by atoms with Gasteiger partial charge in [0.05, 0.1) is 7.11 Å². The maximum Gasteiger partial charge on any atom is 0.304 e. The number of hydrogen-bond acceptors (Lipinski definition) is 3. The summed E-state index contributed by atoms with van der Waals surface area (Å²) in [6.07, 6.45) is 1.85. The first-order valence-electron chi connectivity index (χ1n) is 9.74. The highest BCUT2D eigenvalue weighted by Crippen LogP contribution is 2.27. The van der Waals surface area contributed by atoms with Crippen LogP contribution in [0.25, 0.3) is 0 Å². The number of hydrazine groups is 1. The molecule has 4 rings (SSSR count). The third-order valence-corrected chi connectivity index (χ3v) is 5.33. The van der Waals surface area contributed by atoms with Gasteiger partial charge in [-0.15, -0.1) is 10.1 Å². The molecule has 0 bridgehead atoms. The highest BCUT2D eigenvalue weighted by molar-refractivity contribution is 6.30. The van der Waals surface area contributed by atoms with Crippen molar-refractivity contribution in [3.05, 3.63) is 101 Å². The van der Waals surface area contributed by atoms with E-state index >= 15 is 0 Å². The monoisotopic (exact) mass is 434 g/mol. The van der Waals surface area contributed by atoms with E-state index in [1.807, 2.05) is 60.8 Å². The number of benzene rings is 3. The van der Waals surface area contributed by atoms with E-state index in [2.05, 4.69) is 10.7 Å². The summed E-state index contributed by atoms with van der Waals surface area (Å²) in [4.78, 5) is 25.7. The molecule has 31 heavy (non-hydrogen) atoms. The van der Waals surface area contributed by atoms with Crippen molar-refractivity contribution in [2.24, 2.45) is 0 Å². The number of carbonyl (C=O) groups excluding carboxylic acids is 2. The first-order valence-corrected chi connectivity index (χ1v) is 10.1. The summed E-state index contributed by atoms with van der Waals surface area (Å²) in [6, 6.07) is 22.4. The van der Waals surface area contributed by atoms with Gasteiger partial charge in [-0.1, -0.05) is 29.8 Å². The summed E-state index contributed by atoms with van der Waals surface area (Å²) in [6.45, 7) is 0. The van der Waals surface area contributed by atoms with Gasteiger partial charge in [0.1, 0.15) is 5.75 Å². The highest BCUT2D eigenvalue weighted by Gasteiger charge is 2.47. The third kappa shape index (κ3) is 4.59. The average Bonchev–Trinajstić information content (AvgIpc) is 3.09. The molecule has 0 unspecified atom stereocenters. The molecular formula is C24H21ClN3O3+. The normalized spacial score (nSPS) is 19.2. The van der Waals surface area contributed by atoms with Gasteiger partial charge in [-0.2, -0.15) is 0 Å². The summed E-state index contributed by atoms with van der Waals surface area (Å²) in [5, 5.41) is 3.41. The van der Waals surface area contributed by atoms with Crippen molar-refractivity contribution in [1.29, 1.82) is 0 Å². The predicted molar refractivity (Wildman–Crippen MR) is 118 cm³/mol. The van der Waals surface area contributed by atoms with Crippen LogP contribution in [0.2, 0.25) is 5.02 Å². The number of nitrogens with one attached hydrogen (secondary N) is 2. The Morgan fingerprint density at radius 1 is 1.03 bits per heavy atom. The largest absolute Gasteiger partial charge is 0.497 e. The van der Waals surface area contributed by atoms with E-state index in [1.165, 1.54) is 0 Å². The van der Waals surface area contributed by atoms with Crippen LogP contribution in [-0.2, 0) is 4.79 Å². The zero-order valence-electron chi connectivity index (χ0n) is 16.8. The minimum absolute atomic E-state index is 0.296. The second-order valence-electron chi connectivity index (χ2n) is 7.10. The first kappa shape index (κ1) is 20.6. The third-order valence-electron chi connectivity index (χ3n) is 5.08. The van der Waals surface area contributed by atoms with Gasteiger partial charge in [-0.3, -0.25) is 9.59 Å². The van der Waals surface area contributed by atoms with E-state index in [-0.39, 0.29) is 11.8 Å². The smallest absolute Gasteiger partial charge is 0.304 e. The molecular weight excluding hydrogens is 414 g/mol. The second kappa shape index (κ2) is 9.02. The van der Waals surface area contributed by atoms with Crippen LogP contribution < -0.4 is 15.5 Å². The Labute approximate surface area is 185 Å². The van der Waals surface area contributed by atoms with Gasteiger partial charge >= 0.3 is 5.91 Å². The zero-order chi connectivity index (χ0) is 21.8. The lowest BCUT2D eigenvalue weighted by Crippen LogP contribution is -2.42. The molecule has 0 aromatic heterocycles. The number of methoxy groups -OCH3 is 1. The Balaban J connectivity index is 1.69. The average molecular weight is 435 g/mol. The fourth-order valence-corrected chi connectivity index (χ4v) is 3.63. The van der Waals surface area contributed by atoms with E-state index in [0.717, 1.165) is 11.1 Å². The van der Waals surface area contributed by atoms with Crippen LogP contribution in [0.3, 0.4) is 0 Å². The number of nitrogens with zero attached hydrogens (tertiary/aromatic N) is 1. The fraction of sp³-hybridized carbons (Fsp3) is 0.125. The SMILES string of the molecule is COc1ccc([C@@H]2[C@@H](NC(=O)c3ccc(Cl)cc3)C(=O)N/[N+]2=C\c2ccccc2)cc1. The molecule has 2 amide bonds. The maximum atomic E-state index is 12.9. The molecule has 0 saturated carbocycles. The first-order chi connectivity index (χ1) is 15.0. The Kier molecular flexibility index (Phi) is 6.00. The molecule has 156 valence electrons. The van der Waals surface area contributed by atoms with Crippen LogP contribution in [0.1, 0.15) is 27.5 Å². The quantitative estimate of drug-likeness (QED) is 0.605. The van der Waals surface area contributed by atoms with E-state index in [1.54, 1.807) is 36.1 Å².